The highest BCUT2D eigenvalue weighted by molar-refractivity contribution is 8.00. The monoisotopic (exact) mass is 492 g/mol. The lowest BCUT2D eigenvalue weighted by atomic mass is 10.1. The van der Waals surface area contributed by atoms with Gasteiger partial charge >= 0.3 is 0 Å². The first-order valence-electron chi connectivity index (χ1n) is 9.04. The summed E-state index contributed by atoms with van der Waals surface area (Å²) in [6.45, 7) is 3.32. The molecule has 0 bridgehead atoms. The minimum absolute atomic E-state index is 0.233. The molecular weight excluding hydrogens is 474 g/mol. The number of aryl methyl sites for hydroxylation is 1. The number of pyridine rings is 1. The molecule has 0 fully saturated rings. The van der Waals surface area contributed by atoms with Crippen LogP contribution in [0.4, 0.5) is 17.1 Å². The van der Waals surface area contributed by atoms with E-state index in [1.54, 1.807) is 24.4 Å². The van der Waals surface area contributed by atoms with Crippen molar-refractivity contribution in [3.63, 3.8) is 0 Å². The predicted octanol–water partition coefficient (Wildman–Crippen LogP) is 5.51. The van der Waals surface area contributed by atoms with Crippen LogP contribution >= 0.6 is 44.4 Å². The molecule has 1 heterocycles. The van der Waals surface area contributed by atoms with Crippen molar-refractivity contribution >= 4 is 79.1 Å². The van der Waals surface area contributed by atoms with Crippen LogP contribution in [0.5, 0.6) is 0 Å². The Hall–Kier alpha value is -2.31. The highest BCUT2D eigenvalue weighted by atomic mass is 35.5. The van der Waals surface area contributed by atoms with E-state index in [0.29, 0.717) is 39.2 Å². The smallest absolute Gasteiger partial charge is 0.221 e. The van der Waals surface area contributed by atoms with Gasteiger partial charge in [-0.3, -0.25) is 14.6 Å². The van der Waals surface area contributed by atoms with Crippen molar-refractivity contribution < 1.29 is 9.59 Å². The molecule has 1 aromatic heterocycles. The Morgan fingerprint density at radius 1 is 1.13 bits per heavy atom. The number of hydrogen-bond donors (Lipinski definition) is 3. The summed E-state index contributed by atoms with van der Waals surface area (Å²) in [7, 11) is 2.57. The van der Waals surface area contributed by atoms with Gasteiger partial charge in [0.1, 0.15) is 0 Å². The molecule has 6 nitrogen and oxygen atoms in total. The lowest BCUT2D eigenvalue weighted by molar-refractivity contribution is -0.114. The minimum Gasteiger partial charge on any atom is -0.327 e. The number of hydrogen-bond acceptors (Lipinski definition) is 5. The van der Waals surface area contributed by atoms with E-state index in [1.807, 2.05) is 25.1 Å². The van der Waals surface area contributed by atoms with Crippen LogP contribution in [0, 0.1) is 6.92 Å². The van der Waals surface area contributed by atoms with E-state index in [2.05, 4.69) is 29.6 Å². The molecular formula is C21H19Cl2N4O2PS. The van der Waals surface area contributed by atoms with Gasteiger partial charge in [0, 0.05) is 22.4 Å². The summed E-state index contributed by atoms with van der Waals surface area (Å²) in [5, 5.41) is 7.33. The number of nitrogens with zero attached hydrogens (tertiary/aromatic N) is 1. The third kappa shape index (κ3) is 5.89. The molecule has 0 saturated heterocycles. The molecule has 3 N–H and O–H groups in total. The van der Waals surface area contributed by atoms with Gasteiger partial charge in [-0.1, -0.05) is 35.3 Å². The summed E-state index contributed by atoms with van der Waals surface area (Å²) in [4.78, 5) is 27.7. The lowest BCUT2D eigenvalue weighted by Crippen LogP contribution is -2.09. The van der Waals surface area contributed by atoms with Gasteiger partial charge in [-0.25, -0.2) is 0 Å². The van der Waals surface area contributed by atoms with Crippen molar-refractivity contribution in [2.75, 3.05) is 15.4 Å². The van der Waals surface area contributed by atoms with Crippen molar-refractivity contribution in [2.24, 2.45) is 0 Å². The molecule has 3 aromatic rings. The quantitative estimate of drug-likeness (QED) is 0.230. The Morgan fingerprint density at radius 2 is 1.90 bits per heavy atom. The second kappa shape index (κ2) is 10.3. The van der Waals surface area contributed by atoms with Gasteiger partial charge in [0.05, 0.1) is 34.0 Å². The number of anilines is 3. The summed E-state index contributed by atoms with van der Waals surface area (Å²) in [5.41, 5.74) is 4.13. The van der Waals surface area contributed by atoms with Gasteiger partial charge in [0.2, 0.25) is 12.3 Å². The largest absolute Gasteiger partial charge is 0.327 e. The fraction of sp³-hybridized carbons (Fsp3) is 0.0952. The molecule has 3 rings (SSSR count). The third-order valence-electron chi connectivity index (χ3n) is 4.23. The molecule has 1 unspecified atom stereocenters. The molecule has 0 aliphatic carbocycles. The standard InChI is InChI=1S/C21H19Cl2N4O2PS/c1-11-5-17(25-10-28)18(26-12(2)29)8-20(11)31-27-14-7-16(23)21(24-9-14)13-3-4-19(30)15(22)6-13/h3-10,27H,30H2,1-2H3,(H,25,28)(H,26,29). The number of carbonyl (C=O) groups excluding carboxylic acids is 2. The zero-order chi connectivity index (χ0) is 22.5. The molecule has 31 heavy (non-hydrogen) atoms. The normalized spacial score (nSPS) is 10.5. The van der Waals surface area contributed by atoms with Gasteiger partial charge in [-0.05, 0) is 54.0 Å². The van der Waals surface area contributed by atoms with Crippen LogP contribution in [-0.4, -0.2) is 17.3 Å². The number of rotatable bonds is 7. The van der Waals surface area contributed by atoms with Crippen LogP contribution in [0.15, 0.2) is 47.5 Å². The molecule has 0 aliphatic rings. The first-order chi connectivity index (χ1) is 14.8. The molecule has 2 amide bonds. The molecule has 160 valence electrons. The maximum Gasteiger partial charge on any atom is 0.221 e. The van der Waals surface area contributed by atoms with Gasteiger partial charge in [-0.15, -0.1) is 9.24 Å². The molecule has 1 atom stereocenters. The molecule has 0 spiro atoms. The van der Waals surface area contributed by atoms with Crippen molar-refractivity contribution in [3.05, 3.63) is 58.2 Å². The SMILES string of the molecule is CC(=O)Nc1cc(SNc2cnc(-c3ccc(P)c(Cl)c3)c(Cl)c2)c(C)cc1NC=O. The number of nitrogens with one attached hydrogen (secondary N) is 3. The Balaban J connectivity index is 1.80. The maximum absolute atomic E-state index is 11.5. The zero-order valence-corrected chi connectivity index (χ0v) is 20.1. The van der Waals surface area contributed by atoms with E-state index in [-0.39, 0.29) is 5.91 Å². The van der Waals surface area contributed by atoms with E-state index in [4.69, 9.17) is 23.2 Å². The van der Waals surface area contributed by atoms with Crippen molar-refractivity contribution in [1.29, 1.82) is 0 Å². The second-order valence-corrected chi connectivity index (χ2v) is 8.89. The fourth-order valence-corrected chi connectivity index (χ4v) is 4.14. The highest BCUT2D eigenvalue weighted by Gasteiger charge is 2.11. The third-order valence-corrected chi connectivity index (χ3v) is 6.53. The summed E-state index contributed by atoms with van der Waals surface area (Å²) in [6, 6.07) is 11.0. The van der Waals surface area contributed by atoms with Crippen LogP contribution in [0.3, 0.4) is 0 Å². The molecule has 0 radical (unpaired) electrons. The number of carbonyl (C=O) groups is 2. The maximum atomic E-state index is 11.5. The molecule has 0 saturated carbocycles. The zero-order valence-electron chi connectivity index (χ0n) is 16.6. The Bertz CT molecular complexity index is 1160. The van der Waals surface area contributed by atoms with E-state index >= 15 is 0 Å². The Labute approximate surface area is 196 Å². The van der Waals surface area contributed by atoms with Gasteiger partial charge < -0.3 is 15.4 Å². The summed E-state index contributed by atoms with van der Waals surface area (Å²) in [6.07, 6.45) is 2.25. The number of amides is 2. The van der Waals surface area contributed by atoms with Crippen LogP contribution in [-0.2, 0) is 9.59 Å². The second-order valence-electron chi connectivity index (χ2n) is 6.60. The number of halogens is 2. The number of benzene rings is 2. The average molecular weight is 493 g/mol. The van der Waals surface area contributed by atoms with Crippen LogP contribution in [0.2, 0.25) is 10.0 Å². The van der Waals surface area contributed by atoms with Gasteiger partial charge in [-0.2, -0.15) is 0 Å². The van der Waals surface area contributed by atoms with Crippen LogP contribution in [0.1, 0.15) is 12.5 Å². The predicted molar refractivity (Wildman–Crippen MR) is 134 cm³/mol. The minimum atomic E-state index is -0.233. The van der Waals surface area contributed by atoms with E-state index in [0.717, 1.165) is 21.3 Å². The highest BCUT2D eigenvalue weighted by Crippen LogP contribution is 2.34. The average Bonchev–Trinajstić information content (AvgIpc) is 2.71. The van der Waals surface area contributed by atoms with E-state index < -0.39 is 0 Å². The Morgan fingerprint density at radius 3 is 2.55 bits per heavy atom. The van der Waals surface area contributed by atoms with Crippen molar-refractivity contribution in [1.82, 2.24) is 4.98 Å². The summed E-state index contributed by atoms with van der Waals surface area (Å²) < 4.78 is 3.21. The van der Waals surface area contributed by atoms with Crippen LogP contribution in [0.25, 0.3) is 11.3 Å². The fourth-order valence-electron chi connectivity index (χ4n) is 2.77. The summed E-state index contributed by atoms with van der Waals surface area (Å²) >= 11 is 14.0. The lowest BCUT2D eigenvalue weighted by Gasteiger charge is -2.15. The first-order valence-corrected chi connectivity index (χ1v) is 11.2. The van der Waals surface area contributed by atoms with E-state index in [9.17, 15) is 9.59 Å². The Kier molecular flexibility index (Phi) is 7.79. The van der Waals surface area contributed by atoms with Crippen molar-refractivity contribution in [2.45, 2.75) is 18.7 Å². The topological polar surface area (TPSA) is 83.1 Å². The molecule has 2 aromatic carbocycles. The summed E-state index contributed by atoms with van der Waals surface area (Å²) in [5.74, 6) is -0.233. The molecule has 0 aliphatic heterocycles. The number of aromatic nitrogens is 1. The molecule has 10 heteroatoms. The van der Waals surface area contributed by atoms with Crippen molar-refractivity contribution in [3.8, 4) is 11.3 Å². The van der Waals surface area contributed by atoms with E-state index in [1.165, 1.54) is 18.9 Å². The van der Waals surface area contributed by atoms with Crippen LogP contribution < -0.4 is 20.7 Å². The first kappa shape index (κ1) is 23.4. The van der Waals surface area contributed by atoms with Gasteiger partial charge in [0.25, 0.3) is 0 Å². The van der Waals surface area contributed by atoms with Gasteiger partial charge in [0.15, 0.2) is 0 Å².